The summed E-state index contributed by atoms with van der Waals surface area (Å²) >= 11 is 0. The van der Waals surface area contributed by atoms with Crippen LogP contribution in [0.2, 0.25) is 0 Å². The number of nitrogens with two attached hydrogens (primary N) is 1. The summed E-state index contributed by atoms with van der Waals surface area (Å²) in [5.74, 6) is 0.0314. The van der Waals surface area contributed by atoms with E-state index in [1.807, 2.05) is 22.8 Å². The second-order valence-corrected chi connectivity index (χ2v) is 11.2. The Balaban J connectivity index is 1.44. The van der Waals surface area contributed by atoms with Crippen molar-refractivity contribution in [1.82, 2.24) is 24.6 Å². The molecule has 2 heterocycles. The summed E-state index contributed by atoms with van der Waals surface area (Å²) in [5, 5.41) is 2.71. The number of ether oxygens (including phenoxy) is 3. The number of anilines is 1. The highest BCUT2D eigenvalue weighted by atomic mass is 31.2. The van der Waals surface area contributed by atoms with Crippen LogP contribution in [-0.4, -0.2) is 64.6 Å². The van der Waals surface area contributed by atoms with Crippen LogP contribution in [0.4, 0.5) is 5.95 Å². The van der Waals surface area contributed by atoms with Crippen LogP contribution in [0, 0.1) is 5.92 Å². The summed E-state index contributed by atoms with van der Waals surface area (Å²) in [5.41, 5.74) is 6.96. The van der Waals surface area contributed by atoms with E-state index >= 15 is 0 Å². The number of para-hydroxylation sites is 1. The SMILES string of the molecule is COCCOc1nc(N)nc2c1ncn2[C@H]1C=C[C@@H](CO[P@](=O)(N[C@@H](C)C(=O)OC(C)C)Oc2ccccc2)C1. The van der Waals surface area contributed by atoms with E-state index in [1.54, 1.807) is 58.5 Å². The number of methoxy groups -OCH3 is 1. The van der Waals surface area contributed by atoms with Gasteiger partial charge in [0.2, 0.25) is 11.8 Å². The van der Waals surface area contributed by atoms with Gasteiger partial charge in [-0.1, -0.05) is 30.4 Å². The molecule has 4 atom stereocenters. The van der Waals surface area contributed by atoms with Gasteiger partial charge in [-0.15, -0.1) is 0 Å². The quantitative estimate of drug-likeness (QED) is 0.124. The van der Waals surface area contributed by atoms with Crippen molar-refractivity contribution in [3.05, 3.63) is 48.8 Å². The monoisotopic (exact) mass is 574 g/mol. The molecule has 3 N–H and O–H groups in total. The van der Waals surface area contributed by atoms with E-state index in [1.165, 1.54) is 0 Å². The Hall–Kier alpha value is -3.51. The number of fused-ring (bicyclic) bond motifs is 1. The molecule has 0 fully saturated rings. The van der Waals surface area contributed by atoms with Crippen molar-refractivity contribution in [1.29, 1.82) is 0 Å². The van der Waals surface area contributed by atoms with Gasteiger partial charge in [-0.3, -0.25) is 9.32 Å². The second kappa shape index (κ2) is 13.2. The number of nitrogens with zero attached hydrogens (tertiary/aromatic N) is 4. The Kier molecular flexibility index (Phi) is 9.75. The number of hydrogen-bond acceptors (Lipinski definition) is 11. The third-order valence-electron chi connectivity index (χ3n) is 5.92. The molecule has 1 aliphatic rings. The van der Waals surface area contributed by atoms with Gasteiger partial charge in [0, 0.05) is 13.0 Å². The molecular formula is C26H35N6O7P. The summed E-state index contributed by atoms with van der Waals surface area (Å²) in [6.07, 6.45) is 5.93. The summed E-state index contributed by atoms with van der Waals surface area (Å²) < 4.78 is 43.2. The van der Waals surface area contributed by atoms with Crippen LogP contribution in [0.3, 0.4) is 0 Å². The molecule has 0 saturated carbocycles. The number of carbonyl (C=O) groups excluding carboxylic acids is 1. The lowest BCUT2D eigenvalue weighted by atomic mass is 10.1. The number of esters is 1. The molecule has 4 rings (SSSR count). The molecule has 13 nitrogen and oxygen atoms in total. The van der Waals surface area contributed by atoms with Gasteiger partial charge < -0.3 is 29.0 Å². The van der Waals surface area contributed by atoms with Crippen molar-refractivity contribution in [3.63, 3.8) is 0 Å². The van der Waals surface area contributed by atoms with Crippen molar-refractivity contribution in [2.45, 2.75) is 45.4 Å². The molecule has 14 heteroatoms. The average molecular weight is 575 g/mol. The minimum Gasteiger partial charge on any atom is -0.474 e. The van der Waals surface area contributed by atoms with Crippen molar-refractivity contribution in [2.24, 2.45) is 5.92 Å². The van der Waals surface area contributed by atoms with Gasteiger partial charge in [0.05, 0.1) is 31.7 Å². The van der Waals surface area contributed by atoms with E-state index in [9.17, 15) is 9.36 Å². The first-order valence-electron chi connectivity index (χ1n) is 12.9. The minimum atomic E-state index is -3.96. The lowest BCUT2D eigenvalue weighted by Crippen LogP contribution is -2.36. The first-order chi connectivity index (χ1) is 19.2. The zero-order chi connectivity index (χ0) is 28.7. The molecule has 40 heavy (non-hydrogen) atoms. The van der Waals surface area contributed by atoms with Gasteiger partial charge in [-0.25, -0.2) is 9.55 Å². The number of nitrogens with one attached hydrogen (secondary N) is 1. The zero-order valence-corrected chi connectivity index (χ0v) is 23.8. The number of nitrogen functional groups attached to an aromatic ring is 1. The maximum Gasteiger partial charge on any atom is 0.459 e. The van der Waals surface area contributed by atoms with Gasteiger partial charge in [0.15, 0.2) is 11.2 Å². The molecule has 0 saturated heterocycles. The molecule has 0 unspecified atom stereocenters. The van der Waals surface area contributed by atoms with Gasteiger partial charge >= 0.3 is 13.7 Å². The number of hydrogen-bond donors (Lipinski definition) is 2. The number of aromatic nitrogens is 4. The van der Waals surface area contributed by atoms with Gasteiger partial charge in [-0.05, 0) is 39.3 Å². The summed E-state index contributed by atoms with van der Waals surface area (Å²) in [6, 6.07) is 7.59. The summed E-state index contributed by atoms with van der Waals surface area (Å²) in [7, 11) is -2.38. The number of rotatable bonds is 14. The van der Waals surface area contributed by atoms with Crippen LogP contribution >= 0.6 is 7.75 Å². The minimum absolute atomic E-state index is 0.0683. The van der Waals surface area contributed by atoms with E-state index in [-0.39, 0.29) is 36.5 Å². The molecule has 0 spiro atoms. The molecule has 0 radical (unpaired) electrons. The van der Waals surface area contributed by atoms with Gasteiger partial charge in [-0.2, -0.15) is 15.1 Å². The fourth-order valence-corrected chi connectivity index (χ4v) is 5.63. The summed E-state index contributed by atoms with van der Waals surface area (Å²) in [6.45, 7) is 5.79. The molecule has 0 amide bonds. The topological polar surface area (TPSA) is 162 Å². The molecule has 216 valence electrons. The maximum absolute atomic E-state index is 13.8. The van der Waals surface area contributed by atoms with Crippen LogP contribution in [0.1, 0.15) is 33.2 Å². The van der Waals surface area contributed by atoms with Crippen LogP contribution in [-0.2, 0) is 23.4 Å². The smallest absolute Gasteiger partial charge is 0.459 e. The lowest BCUT2D eigenvalue weighted by Gasteiger charge is -2.24. The van der Waals surface area contributed by atoms with Crippen molar-refractivity contribution >= 4 is 30.8 Å². The Bertz CT molecular complexity index is 1370. The van der Waals surface area contributed by atoms with E-state index in [4.69, 9.17) is 29.0 Å². The number of allylic oxidation sites excluding steroid dienone is 1. The lowest BCUT2D eigenvalue weighted by molar-refractivity contribution is -0.149. The molecular weight excluding hydrogens is 539 g/mol. The van der Waals surface area contributed by atoms with E-state index in [0.717, 1.165) is 0 Å². The molecule has 2 aromatic heterocycles. The van der Waals surface area contributed by atoms with Crippen LogP contribution < -0.4 is 20.1 Å². The highest BCUT2D eigenvalue weighted by Crippen LogP contribution is 2.46. The predicted octanol–water partition coefficient (Wildman–Crippen LogP) is 3.68. The van der Waals surface area contributed by atoms with Crippen molar-refractivity contribution in [3.8, 4) is 11.6 Å². The first kappa shape index (κ1) is 29.5. The van der Waals surface area contributed by atoms with Crippen LogP contribution in [0.15, 0.2) is 48.8 Å². The Morgan fingerprint density at radius 3 is 2.67 bits per heavy atom. The van der Waals surface area contributed by atoms with E-state index < -0.39 is 19.8 Å². The Morgan fingerprint density at radius 1 is 1.18 bits per heavy atom. The normalized spacial score (nSPS) is 19.0. The molecule has 0 aliphatic heterocycles. The number of imidazole rings is 1. The third kappa shape index (κ3) is 7.57. The molecule has 3 aromatic rings. The zero-order valence-electron chi connectivity index (χ0n) is 22.9. The molecule has 0 bridgehead atoms. The molecule has 1 aromatic carbocycles. The van der Waals surface area contributed by atoms with Crippen LogP contribution in [0.25, 0.3) is 11.2 Å². The fourth-order valence-electron chi connectivity index (χ4n) is 4.08. The van der Waals surface area contributed by atoms with E-state index in [2.05, 4.69) is 20.0 Å². The third-order valence-corrected chi connectivity index (χ3v) is 7.57. The number of benzene rings is 1. The van der Waals surface area contributed by atoms with Gasteiger partial charge in [0.25, 0.3) is 0 Å². The predicted molar refractivity (Wildman–Crippen MR) is 148 cm³/mol. The van der Waals surface area contributed by atoms with Crippen molar-refractivity contribution < 1.29 is 32.6 Å². The Morgan fingerprint density at radius 2 is 1.95 bits per heavy atom. The maximum atomic E-state index is 13.8. The van der Waals surface area contributed by atoms with Crippen molar-refractivity contribution in [2.75, 3.05) is 32.7 Å². The first-order valence-corrected chi connectivity index (χ1v) is 14.5. The standard InChI is InChI=1S/C26H35N6O7P/c1-17(2)38-25(33)18(3)31-40(34,39-21-8-6-5-7-9-21)37-15-19-10-11-20(14-19)32-16-28-22-23(32)29-26(27)30-24(22)36-13-12-35-4/h5-11,16-20H,12-15H2,1-4H3,(H,31,34)(H2,27,29,30)/t18-,19+,20-,40+/m0/s1. The second-order valence-electron chi connectivity index (χ2n) is 9.53. The van der Waals surface area contributed by atoms with Gasteiger partial charge in [0.1, 0.15) is 18.4 Å². The van der Waals surface area contributed by atoms with Crippen LogP contribution in [0.5, 0.6) is 11.6 Å². The fraction of sp³-hybridized carbons (Fsp3) is 0.462. The largest absolute Gasteiger partial charge is 0.474 e. The summed E-state index contributed by atoms with van der Waals surface area (Å²) in [4.78, 5) is 25.3. The average Bonchev–Trinajstić information content (AvgIpc) is 3.55. The Labute approximate surface area is 232 Å². The van der Waals surface area contributed by atoms with E-state index in [0.29, 0.717) is 36.5 Å². The number of carbonyl (C=O) groups is 1. The molecule has 1 aliphatic carbocycles. The highest BCUT2D eigenvalue weighted by molar-refractivity contribution is 7.52. The highest BCUT2D eigenvalue weighted by Gasteiger charge is 2.34.